The van der Waals surface area contributed by atoms with Crippen LogP contribution in [0, 0.1) is 12.8 Å². The third-order valence-electron chi connectivity index (χ3n) is 2.29. The summed E-state index contributed by atoms with van der Waals surface area (Å²) in [4.78, 5) is 0. The highest BCUT2D eigenvalue weighted by molar-refractivity contribution is 5.32. The Hall–Kier alpha value is -1.95. The van der Waals surface area contributed by atoms with Crippen LogP contribution in [-0.2, 0) is 0 Å². The van der Waals surface area contributed by atoms with Gasteiger partial charge in [0.25, 0.3) is 0 Å². The standard InChI is InChI=1S/C16H14/c1-3-9-15(10-4-1)13-7-8-14-16-11-5-2-6-12-16/h1-14H/q-1/b8-7+. The maximum absolute atomic E-state index is 2.10. The summed E-state index contributed by atoms with van der Waals surface area (Å²) in [5.74, 6) is 0. The lowest BCUT2D eigenvalue weighted by atomic mass is 10.1. The molecule has 0 aliphatic heterocycles. The first kappa shape index (κ1) is 10.6. The molecule has 0 heteroatoms. The largest absolute Gasteiger partial charge is 0.148 e. The van der Waals surface area contributed by atoms with Crippen molar-refractivity contribution in [2.24, 2.45) is 0 Å². The molecule has 0 saturated carbocycles. The maximum atomic E-state index is 2.10. The van der Waals surface area contributed by atoms with Crippen LogP contribution < -0.4 is 0 Å². The minimum atomic E-state index is 1.22. The molecule has 0 aliphatic rings. The van der Waals surface area contributed by atoms with Gasteiger partial charge in [-0.05, 0) is 12.0 Å². The molecule has 0 N–H and O–H groups in total. The summed E-state index contributed by atoms with van der Waals surface area (Å²) in [5.41, 5.74) is 2.44. The van der Waals surface area contributed by atoms with E-state index in [1.165, 1.54) is 11.1 Å². The van der Waals surface area contributed by atoms with Gasteiger partial charge in [0, 0.05) is 0 Å². The zero-order valence-electron chi connectivity index (χ0n) is 9.08. The Kier molecular flexibility index (Phi) is 3.84. The van der Waals surface area contributed by atoms with Crippen molar-refractivity contribution in [3.05, 3.63) is 96.8 Å². The quantitative estimate of drug-likeness (QED) is 0.662. The molecule has 0 saturated heterocycles. The van der Waals surface area contributed by atoms with Gasteiger partial charge in [0.1, 0.15) is 0 Å². The molecule has 0 amide bonds. The van der Waals surface area contributed by atoms with Gasteiger partial charge in [0.2, 0.25) is 0 Å². The summed E-state index contributed by atoms with van der Waals surface area (Å²) in [6.45, 7) is 0. The van der Waals surface area contributed by atoms with Gasteiger partial charge in [-0.25, -0.2) is 0 Å². The van der Waals surface area contributed by atoms with Crippen molar-refractivity contribution in [1.29, 1.82) is 0 Å². The molecule has 0 heterocycles. The second-order valence-corrected chi connectivity index (χ2v) is 3.54. The van der Waals surface area contributed by atoms with Crippen molar-refractivity contribution in [1.82, 2.24) is 0 Å². The van der Waals surface area contributed by atoms with Crippen LogP contribution in [0.1, 0.15) is 11.1 Å². The summed E-state index contributed by atoms with van der Waals surface area (Å²) < 4.78 is 0. The molecule has 2 aromatic carbocycles. The lowest BCUT2D eigenvalue weighted by molar-refractivity contribution is 1.48. The Balaban J connectivity index is 1.83. The molecule has 0 aliphatic carbocycles. The molecule has 0 aromatic heterocycles. The first-order chi connectivity index (χ1) is 7.95. The van der Waals surface area contributed by atoms with Crippen LogP contribution in [0.25, 0.3) is 0 Å². The summed E-state index contributed by atoms with van der Waals surface area (Å²) in [7, 11) is 0. The molecule has 79 valence electrons. The van der Waals surface area contributed by atoms with Crippen LogP contribution in [-0.4, -0.2) is 0 Å². The normalized spacial score (nSPS) is 10.5. The Morgan fingerprint density at radius 3 is 2.06 bits per heavy atom. The van der Waals surface area contributed by atoms with Crippen LogP contribution in [0.15, 0.2) is 72.8 Å². The van der Waals surface area contributed by atoms with Crippen LogP contribution >= 0.6 is 0 Å². The predicted molar refractivity (Wildman–Crippen MR) is 68.8 cm³/mol. The van der Waals surface area contributed by atoms with Gasteiger partial charge in [0.05, 0.1) is 0 Å². The second-order valence-electron chi connectivity index (χ2n) is 3.54. The lowest BCUT2D eigenvalue weighted by Crippen LogP contribution is -1.78. The molecular formula is C16H14-. The van der Waals surface area contributed by atoms with Crippen molar-refractivity contribution in [2.75, 3.05) is 0 Å². The number of hydrogen-bond acceptors (Lipinski definition) is 0. The van der Waals surface area contributed by atoms with E-state index in [1.807, 2.05) is 36.4 Å². The van der Waals surface area contributed by atoms with E-state index in [9.17, 15) is 0 Å². The number of allylic oxidation sites excluding steroid dienone is 2. The average molecular weight is 206 g/mol. The molecule has 2 rings (SSSR count). The van der Waals surface area contributed by atoms with Crippen molar-refractivity contribution >= 4 is 0 Å². The van der Waals surface area contributed by atoms with Crippen molar-refractivity contribution in [3.63, 3.8) is 0 Å². The summed E-state index contributed by atoms with van der Waals surface area (Å²) in [5, 5.41) is 0. The molecule has 0 spiro atoms. The van der Waals surface area contributed by atoms with Gasteiger partial charge in [-0.1, -0.05) is 36.4 Å². The number of hydrogen-bond donors (Lipinski definition) is 0. The Morgan fingerprint density at radius 1 is 0.750 bits per heavy atom. The Labute approximate surface area is 97.3 Å². The van der Waals surface area contributed by atoms with Crippen LogP contribution in [0.5, 0.6) is 0 Å². The molecule has 2 aromatic rings. The van der Waals surface area contributed by atoms with Crippen LogP contribution in [0.4, 0.5) is 0 Å². The first-order valence-electron chi connectivity index (χ1n) is 5.40. The van der Waals surface area contributed by atoms with Crippen molar-refractivity contribution in [2.45, 2.75) is 0 Å². The third kappa shape index (κ3) is 3.32. The predicted octanol–water partition coefficient (Wildman–Crippen LogP) is 4.05. The van der Waals surface area contributed by atoms with E-state index in [2.05, 4.69) is 49.3 Å². The highest BCUT2D eigenvalue weighted by Crippen LogP contribution is 2.05. The van der Waals surface area contributed by atoms with E-state index < -0.39 is 0 Å². The van der Waals surface area contributed by atoms with Gasteiger partial charge in [-0.3, -0.25) is 0 Å². The minimum absolute atomic E-state index is 1.22. The zero-order chi connectivity index (χ0) is 11.1. The van der Waals surface area contributed by atoms with Gasteiger partial charge in [0.15, 0.2) is 0 Å². The summed E-state index contributed by atoms with van der Waals surface area (Å²) in [6.07, 6.45) is 8.31. The third-order valence-corrected chi connectivity index (χ3v) is 2.29. The van der Waals surface area contributed by atoms with Crippen LogP contribution in [0.2, 0.25) is 0 Å². The Morgan fingerprint density at radius 2 is 1.38 bits per heavy atom. The van der Waals surface area contributed by atoms with Gasteiger partial charge < -0.3 is 0 Å². The topological polar surface area (TPSA) is 0 Å². The minimum Gasteiger partial charge on any atom is -0.148 e. The SMILES string of the molecule is [CH](/C=C/[CH-]c1ccccc1)c1ccccc1. The van der Waals surface area contributed by atoms with E-state index in [0.29, 0.717) is 0 Å². The highest BCUT2D eigenvalue weighted by Gasteiger charge is 1.83. The summed E-state index contributed by atoms with van der Waals surface area (Å²) >= 11 is 0. The Bertz CT molecular complexity index is 383. The van der Waals surface area contributed by atoms with Crippen LogP contribution in [0.3, 0.4) is 0 Å². The number of rotatable bonds is 4. The molecule has 0 atom stereocenters. The summed E-state index contributed by atoms with van der Waals surface area (Å²) in [6, 6.07) is 20.6. The van der Waals surface area contributed by atoms with Gasteiger partial charge in [-0.15, -0.1) is 48.4 Å². The second kappa shape index (κ2) is 5.82. The molecule has 0 fully saturated rings. The van der Waals surface area contributed by atoms with E-state index in [0.717, 1.165) is 0 Å². The molecule has 16 heavy (non-hydrogen) atoms. The molecule has 0 unspecified atom stereocenters. The van der Waals surface area contributed by atoms with Gasteiger partial charge >= 0.3 is 0 Å². The average Bonchev–Trinajstić information content (AvgIpc) is 2.37. The molecular weight excluding hydrogens is 192 g/mol. The van der Waals surface area contributed by atoms with E-state index in [1.54, 1.807) is 0 Å². The molecule has 1 radical (unpaired) electrons. The van der Waals surface area contributed by atoms with E-state index in [4.69, 9.17) is 0 Å². The van der Waals surface area contributed by atoms with E-state index >= 15 is 0 Å². The van der Waals surface area contributed by atoms with Crippen molar-refractivity contribution < 1.29 is 0 Å². The molecule has 0 bridgehead atoms. The zero-order valence-corrected chi connectivity index (χ0v) is 9.08. The van der Waals surface area contributed by atoms with E-state index in [-0.39, 0.29) is 0 Å². The highest BCUT2D eigenvalue weighted by atomic mass is 13.9. The lowest BCUT2D eigenvalue weighted by Gasteiger charge is -2.02. The van der Waals surface area contributed by atoms with Crippen molar-refractivity contribution in [3.8, 4) is 0 Å². The fourth-order valence-corrected chi connectivity index (χ4v) is 1.46. The fourth-order valence-electron chi connectivity index (χ4n) is 1.46. The smallest absolute Gasteiger partial charge is 0.0285 e. The van der Waals surface area contributed by atoms with Gasteiger partial charge in [-0.2, -0.15) is 0 Å². The molecule has 0 nitrogen and oxygen atoms in total. The first-order valence-corrected chi connectivity index (χ1v) is 5.40. The number of benzene rings is 2. The fraction of sp³-hybridized carbons (Fsp3) is 0. The maximum Gasteiger partial charge on any atom is -0.0285 e. The monoisotopic (exact) mass is 206 g/mol.